The van der Waals surface area contributed by atoms with Crippen LogP contribution in [0.1, 0.15) is 26.7 Å². The first-order valence-corrected chi connectivity index (χ1v) is 4.05. The van der Waals surface area contributed by atoms with Crippen LogP contribution in [0, 0.1) is 11.8 Å². The van der Waals surface area contributed by atoms with E-state index < -0.39 is 0 Å². The van der Waals surface area contributed by atoms with Crippen LogP contribution in [0.2, 0.25) is 0 Å². The second kappa shape index (κ2) is 7.37. The van der Waals surface area contributed by atoms with Crippen molar-refractivity contribution >= 4 is 0 Å². The number of hydrogen-bond donors (Lipinski definition) is 1. The Hall–Kier alpha value is -0.740. The maximum Gasteiger partial charge on any atom is 0.0214 e. The van der Waals surface area contributed by atoms with Gasteiger partial charge in [0.05, 0.1) is 0 Å². The molecule has 0 aliphatic heterocycles. The smallest absolute Gasteiger partial charge is 0.0214 e. The van der Waals surface area contributed by atoms with E-state index in [0.29, 0.717) is 6.04 Å². The van der Waals surface area contributed by atoms with Gasteiger partial charge in [0.2, 0.25) is 0 Å². The monoisotopic (exact) mass is 151 g/mol. The Morgan fingerprint density at radius 3 is 2.91 bits per heavy atom. The van der Waals surface area contributed by atoms with E-state index >= 15 is 0 Å². The van der Waals surface area contributed by atoms with Gasteiger partial charge in [-0.05, 0) is 20.3 Å². The fraction of sp³-hybridized carbons (Fsp3) is 0.600. The van der Waals surface area contributed by atoms with Crippen molar-refractivity contribution in [1.82, 2.24) is 5.32 Å². The molecule has 0 aromatic heterocycles. The van der Waals surface area contributed by atoms with Gasteiger partial charge < -0.3 is 5.32 Å². The lowest BCUT2D eigenvalue weighted by Crippen LogP contribution is -2.25. The fourth-order valence-electron chi connectivity index (χ4n) is 0.839. The van der Waals surface area contributed by atoms with Crippen molar-refractivity contribution in [2.24, 2.45) is 0 Å². The normalized spacial score (nSPS) is 11.5. The molecular formula is C10H17N. The Morgan fingerprint density at radius 2 is 2.36 bits per heavy atom. The van der Waals surface area contributed by atoms with Gasteiger partial charge in [-0.2, -0.15) is 0 Å². The van der Waals surface area contributed by atoms with Gasteiger partial charge in [-0.25, -0.2) is 0 Å². The van der Waals surface area contributed by atoms with E-state index in [2.05, 4.69) is 30.7 Å². The molecular weight excluding hydrogens is 134 g/mol. The van der Waals surface area contributed by atoms with E-state index in [4.69, 9.17) is 0 Å². The average molecular weight is 151 g/mol. The molecule has 0 bridgehead atoms. The minimum Gasteiger partial charge on any atom is -0.313 e. The second-order valence-electron chi connectivity index (χ2n) is 2.56. The maximum atomic E-state index is 3.68. The molecule has 0 aliphatic carbocycles. The highest BCUT2D eigenvalue weighted by molar-refractivity contribution is 4.95. The molecule has 1 nitrogen and oxygen atoms in total. The molecule has 1 atom stereocenters. The van der Waals surface area contributed by atoms with Crippen molar-refractivity contribution in [3.63, 3.8) is 0 Å². The van der Waals surface area contributed by atoms with Gasteiger partial charge in [-0.3, -0.25) is 0 Å². The third-order valence-corrected chi connectivity index (χ3v) is 1.44. The molecule has 0 aromatic carbocycles. The van der Waals surface area contributed by atoms with Crippen LogP contribution in [0.3, 0.4) is 0 Å². The molecule has 0 heterocycles. The summed E-state index contributed by atoms with van der Waals surface area (Å²) in [5.41, 5.74) is 0. The topological polar surface area (TPSA) is 12.0 Å². The molecule has 1 N–H and O–H groups in total. The highest BCUT2D eigenvalue weighted by Crippen LogP contribution is 1.89. The van der Waals surface area contributed by atoms with Gasteiger partial charge in [-0.15, -0.1) is 18.4 Å². The zero-order chi connectivity index (χ0) is 8.53. The zero-order valence-corrected chi connectivity index (χ0v) is 7.48. The summed E-state index contributed by atoms with van der Waals surface area (Å²) in [4.78, 5) is 0. The van der Waals surface area contributed by atoms with Crippen LogP contribution in [0.5, 0.6) is 0 Å². The van der Waals surface area contributed by atoms with Gasteiger partial charge in [0, 0.05) is 19.0 Å². The van der Waals surface area contributed by atoms with Crippen molar-refractivity contribution in [2.45, 2.75) is 32.7 Å². The lowest BCUT2D eigenvalue weighted by atomic mass is 10.2. The SMILES string of the molecule is C=CCC(C)NCCC#CC. The summed E-state index contributed by atoms with van der Waals surface area (Å²) in [5.74, 6) is 5.87. The summed E-state index contributed by atoms with van der Waals surface area (Å²) < 4.78 is 0. The number of hydrogen-bond acceptors (Lipinski definition) is 1. The molecule has 1 unspecified atom stereocenters. The van der Waals surface area contributed by atoms with E-state index in [1.165, 1.54) is 0 Å². The Balaban J connectivity index is 3.20. The van der Waals surface area contributed by atoms with Crippen molar-refractivity contribution in [2.75, 3.05) is 6.54 Å². The quantitative estimate of drug-likeness (QED) is 0.360. The van der Waals surface area contributed by atoms with Crippen LogP contribution in [-0.4, -0.2) is 12.6 Å². The lowest BCUT2D eigenvalue weighted by Gasteiger charge is -2.08. The Bertz CT molecular complexity index is 150. The van der Waals surface area contributed by atoms with E-state index in [1.54, 1.807) is 0 Å². The first-order valence-electron chi connectivity index (χ1n) is 4.05. The van der Waals surface area contributed by atoms with Gasteiger partial charge >= 0.3 is 0 Å². The van der Waals surface area contributed by atoms with Crippen LogP contribution in [0.15, 0.2) is 12.7 Å². The molecule has 0 amide bonds. The summed E-state index contributed by atoms with van der Waals surface area (Å²) in [7, 11) is 0. The minimum absolute atomic E-state index is 0.533. The Morgan fingerprint density at radius 1 is 1.64 bits per heavy atom. The molecule has 0 radical (unpaired) electrons. The standard InChI is InChI=1S/C10H17N/c1-4-6-7-9-11-10(3)8-5-2/h5,10-11H,2,7-9H2,1,3H3. The summed E-state index contributed by atoms with van der Waals surface area (Å²) in [6.45, 7) is 8.68. The predicted molar refractivity (Wildman–Crippen MR) is 50.3 cm³/mol. The van der Waals surface area contributed by atoms with Crippen LogP contribution in [0.4, 0.5) is 0 Å². The second-order valence-corrected chi connectivity index (χ2v) is 2.56. The predicted octanol–water partition coefficient (Wildman–Crippen LogP) is 1.95. The summed E-state index contributed by atoms with van der Waals surface area (Å²) in [6, 6.07) is 0.533. The third-order valence-electron chi connectivity index (χ3n) is 1.44. The van der Waals surface area contributed by atoms with E-state index in [9.17, 15) is 0 Å². The highest BCUT2D eigenvalue weighted by Gasteiger charge is 1.94. The molecule has 1 heteroatoms. The first-order chi connectivity index (χ1) is 5.31. The van der Waals surface area contributed by atoms with Crippen molar-refractivity contribution < 1.29 is 0 Å². The number of nitrogens with one attached hydrogen (secondary N) is 1. The fourth-order valence-corrected chi connectivity index (χ4v) is 0.839. The molecule has 0 saturated heterocycles. The minimum atomic E-state index is 0.533. The molecule has 62 valence electrons. The van der Waals surface area contributed by atoms with Gasteiger partial charge in [0.1, 0.15) is 0 Å². The third kappa shape index (κ3) is 7.15. The summed E-state index contributed by atoms with van der Waals surface area (Å²) in [6.07, 6.45) is 3.90. The largest absolute Gasteiger partial charge is 0.313 e. The molecule has 0 saturated carbocycles. The van der Waals surface area contributed by atoms with Crippen molar-refractivity contribution in [3.05, 3.63) is 12.7 Å². The van der Waals surface area contributed by atoms with Crippen LogP contribution in [-0.2, 0) is 0 Å². The Kier molecular flexibility index (Phi) is 6.87. The molecule has 0 spiro atoms. The zero-order valence-electron chi connectivity index (χ0n) is 7.48. The molecule has 11 heavy (non-hydrogen) atoms. The lowest BCUT2D eigenvalue weighted by molar-refractivity contribution is 0.562. The summed E-state index contributed by atoms with van der Waals surface area (Å²) in [5, 5.41) is 3.34. The van der Waals surface area contributed by atoms with Gasteiger partial charge in [0.15, 0.2) is 0 Å². The molecule has 0 rings (SSSR count). The molecule has 0 aliphatic rings. The van der Waals surface area contributed by atoms with Crippen LogP contribution < -0.4 is 5.32 Å². The number of rotatable bonds is 5. The molecule has 0 aromatic rings. The van der Waals surface area contributed by atoms with E-state index in [0.717, 1.165) is 19.4 Å². The van der Waals surface area contributed by atoms with Crippen LogP contribution >= 0.6 is 0 Å². The van der Waals surface area contributed by atoms with Crippen LogP contribution in [0.25, 0.3) is 0 Å². The summed E-state index contributed by atoms with van der Waals surface area (Å²) >= 11 is 0. The van der Waals surface area contributed by atoms with Crippen molar-refractivity contribution in [3.8, 4) is 11.8 Å². The van der Waals surface area contributed by atoms with E-state index in [-0.39, 0.29) is 0 Å². The first kappa shape index (κ1) is 10.3. The van der Waals surface area contributed by atoms with Gasteiger partial charge in [0.25, 0.3) is 0 Å². The maximum absolute atomic E-state index is 3.68. The molecule has 0 fully saturated rings. The van der Waals surface area contributed by atoms with Gasteiger partial charge in [-0.1, -0.05) is 6.08 Å². The van der Waals surface area contributed by atoms with Crippen molar-refractivity contribution in [1.29, 1.82) is 0 Å². The van der Waals surface area contributed by atoms with E-state index in [1.807, 2.05) is 13.0 Å². The Labute approximate surface area is 69.9 Å². The highest BCUT2D eigenvalue weighted by atomic mass is 14.9. The average Bonchev–Trinajstić information content (AvgIpc) is 1.99.